The maximum atomic E-state index is 12.8. The van der Waals surface area contributed by atoms with Crippen molar-refractivity contribution in [1.29, 1.82) is 0 Å². The van der Waals surface area contributed by atoms with E-state index in [4.69, 9.17) is 5.11 Å². The number of para-hydroxylation sites is 1. The number of Topliss-reactive ketones (excluding diaryl/α,β-unsaturated/α-hetero) is 1. The fourth-order valence-electron chi connectivity index (χ4n) is 5.12. The summed E-state index contributed by atoms with van der Waals surface area (Å²) in [7, 11) is 0. The molecule has 5 aromatic rings. The van der Waals surface area contributed by atoms with Crippen molar-refractivity contribution in [2.45, 2.75) is 31.6 Å². The van der Waals surface area contributed by atoms with Crippen molar-refractivity contribution in [3.05, 3.63) is 126 Å². The van der Waals surface area contributed by atoms with Gasteiger partial charge in [-0.25, -0.2) is 0 Å². The molecule has 0 amide bonds. The number of fused-ring (bicyclic) bond motifs is 5. The Morgan fingerprint density at radius 1 is 0.714 bits per heavy atom. The number of phenolic OH excluding ortho intramolecular Hbond substituents is 1. The minimum atomic E-state index is 0. The molecule has 1 N–H and O–H groups in total. The van der Waals surface area contributed by atoms with Crippen LogP contribution in [0.5, 0.6) is 5.75 Å². The van der Waals surface area contributed by atoms with Crippen LogP contribution in [0.4, 0.5) is 0 Å². The van der Waals surface area contributed by atoms with E-state index < -0.39 is 0 Å². The second-order valence-electron chi connectivity index (χ2n) is 8.93. The van der Waals surface area contributed by atoms with E-state index >= 15 is 0 Å². The zero-order valence-corrected chi connectivity index (χ0v) is 21.3. The summed E-state index contributed by atoms with van der Waals surface area (Å²) in [5.74, 6) is 0.909. The molecule has 0 saturated heterocycles. The van der Waals surface area contributed by atoms with Crippen LogP contribution in [-0.4, -0.2) is 28.0 Å². The molecule has 1 aliphatic rings. The largest absolute Gasteiger partial charge is 0.508 e. The minimum Gasteiger partial charge on any atom is -0.508 e. The van der Waals surface area contributed by atoms with E-state index in [0.717, 1.165) is 24.8 Å². The molecule has 1 atom stereocenters. The number of hydrogen-bond donors (Lipinski definition) is 1. The van der Waals surface area contributed by atoms with Crippen LogP contribution in [0.3, 0.4) is 0 Å². The number of ketones is 1. The Morgan fingerprint density at radius 2 is 1.37 bits per heavy atom. The molecule has 0 aliphatic heterocycles. The first kappa shape index (κ1) is 24.7. The topological polar surface area (TPSA) is 37.3 Å². The molecular weight excluding hydrogens is 495 g/mol. The molecule has 5 aromatic carbocycles. The smallest absolute Gasteiger partial charge is 0.163 e. The molecule has 6 rings (SSSR count). The van der Waals surface area contributed by atoms with Gasteiger partial charge in [0, 0.05) is 29.1 Å². The SMILES string of the molecule is O=C(CC1CCCc2c1ccc1c2ccc2ccccc21)c1ccccc1.Oc1ccccc1.[Se]. The van der Waals surface area contributed by atoms with Crippen LogP contribution in [0, 0.1) is 0 Å². The van der Waals surface area contributed by atoms with E-state index in [0.29, 0.717) is 18.1 Å². The van der Waals surface area contributed by atoms with Crippen LogP contribution < -0.4 is 0 Å². The number of carbonyl (C=O) groups is 1. The normalized spacial score (nSPS) is 14.3. The Labute approximate surface area is 217 Å². The maximum Gasteiger partial charge on any atom is 0.163 e. The fourth-order valence-corrected chi connectivity index (χ4v) is 5.12. The van der Waals surface area contributed by atoms with Crippen LogP contribution in [-0.2, 0) is 6.42 Å². The van der Waals surface area contributed by atoms with Crippen molar-refractivity contribution in [3.63, 3.8) is 0 Å². The third-order valence-corrected chi connectivity index (χ3v) is 6.78. The molecule has 0 fully saturated rings. The Hall–Kier alpha value is -3.39. The summed E-state index contributed by atoms with van der Waals surface area (Å²) in [6.07, 6.45) is 3.98. The summed E-state index contributed by atoms with van der Waals surface area (Å²) < 4.78 is 0. The van der Waals surface area contributed by atoms with Gasteiger partial charge in [-0.05, 0) is 70.0 Å². The summed E-state index contributed by atoms with van der Waals surface area (Å²) in [5, 5.41) is 13.9. The molecule has 0 bridgehead atoms. The molecule has 3 heteroatoms. The summed E-state index contributed by atoms with van der Waals surface area (Å²) in [5.41, 5.74) is 3.67. The van der Waals surface area contributed by atoms with Gasteiger partial charge in [-0.15, -0.1) is 0 Å². The van der Waals surface area contributed by atoms with E-state index in [1.807, 2.05) is 36.4 Å². The first-order valence-corrected chi connectivity index (χ1v) is 12.0. The summed E-state index contributed by atoms with van der Waals surface area (Å²) in [6.45, 7) is 0. The number of benzene rings is 5. The predicted molar refractivity (Wildman–Crippen MR) is 146 cm³/mol. The van der Waals surface area contributed by atoms with Crippen molar-refractivity contribution in [2.75, 3.05) is 0 Å². The van der Waals surface area contributed by atoms with Gasteiger partial charge in [-0.1, -0.05) is 97.1 Å². The van der Waals surface area contributed by atoms with Gasteiger partial charge in [0.05, 0.1) is 0 Å². The average molecular weight is 524 g/mol. The fraction of sp³-hybridized carbons (Fsp3) is 0.156. The molecule has 1 unspecified atom stereocenters. The maximum absolute atomic E-state index is 12.8. The molecule has 2 radical (unpaired) electrons. The Kier molecular flexibility index (Phi) is 8.02. The molecule has 0 saturated carbocycles. The molecule has 0 heterocycles. The quantitative estimate of drug-likeness (QED) is 0.150. The minimum absolute atomic E-state index is 0. The van der Waals surface area contributed by atoms with Gasteiger partial charge in [0.25, 0.3) is 0 Å². The monoisotopic (exact) mass is 524 g/mol. The van der Waals surface area contributed by atoms with Crippen molar-refractivity contribution in [2.24, 2.45) is 0 Å². The summed E-state index contributed by atoms with van der Waals surface area (Å²) >= 11 is 0. The van der Waals surface area contributed by atoms with Crippen molar-refractivity contribution < 1.29 is 9.90 Å². The van der Waals surface area contributed by atoms with Gasteiger partial charge >= 0.3 is 0 Å². The standard InChI is InChI=1S/C26H22O.C6H6O.Se/c27-26(19-8-2-1-3-9-19)17-20-10-6-12-23-22(20)15-16-24-21-11-5-4-7-18(21)13-14-25(23)24;7-6-4-2-1-3-5-6;/h1-5,7-9,11,13-16,20H,6,10,12,17H2;1-5,7H;. The van der Waals surface area contributed by atoms with Crippen LogP contribution >= 0.6 is 0 Å². The molecule has 1 aliphatic carbocycles. The molecule has 0 aromatic heterocycles. The van der Waals surface area contributed by atoms with Gasteiger partial charge in [0.2, 0.25) is 0 Å². The Balaban J connectivity index is 0.000000313. The number of carbonyl (C=O) groups excluding carboxylic acids is 1. The van der Waals surface area contributed by atoms with E-state index in [1.165, 1.54) is 32.7 Å². The van der Waals surface area contributed by atoms with Crippen molar-refractivity contribution in [3.8, 4) is 5.75 Å². The van der Waals surface area contributed by atoms with Crippen LogP contribution in [0.25, 0.3) is 21.5 Å². The molecule has 174 valence electrons. The first-order chi connectivity index (χ1) is 16.7. The Morgan fingerprint density at radius 3 is 2.09 bits per heavy atom. The van der Waals surface area contributed by atoms with Gasteiger partial charge in [0.15, 0.2) is 5.78 Å². The number of aromatic hydroxyl groups is 1. The molecule has 35 heavy (non-hydrogen) atoms. The number of aryl methyl sites for hydroxylation is 1. The molecule has 2 nitrogen and oxygen atoms in total. The van der Waals surface area contributed by atoms with Crippen LogP contribution in [0.2, 0.25) is 0 Å². The number of rotatable bonds is 3. The zero-order chi connectivity index (χ0) is 23.3. The number of phenols is 1. The summed E-state index contributed by atoms with van der Waals surface area (Å²) in [4.78, 5) is 12.8. The molecular formula is C32H28O2Se. The van der Waals surface area contributed by atoms with Crippen LogP contribution in [0.1, 0.15) is 46.7 Å². The molecule has 0 spiro atoms. The van der Waals surface area contributed by atoms with E-state index in [9.17, 15) is 4.79 Å². The van der Waals surface area contributed by atoms with Gasteiger partial charge in [0.1, 0.15) is 5.75 Å². The van der Waals surface area contributed by atoms with E-state index in [1.54, 1.807) is 24.3 Å². The zero-order valence-electron chi connectivity index (χ0n) is 19.6. The summed E-state index contributed by atoms with van der Waals surface area (Å²) in [6, 6.07) is 36.1. The van der Waals surface area contributed by atoms with Gasteiger partial charge < -0.3 is 5.11 Å². The van der Waals surface area contributed by atoms with E-state index in [-0.39, 0.29) is 22.9 Å². The van der Waals surface area contributed by atoms with Crippen molar-refractivity contribution in [1.82, 2.24) is 0 Å². The predicted octanol–water partition coefficient (Wildman–Crippen LogP) is 7.70. The van der Waals surface area contributed by atoms with Crippen LogP contribution in [0.15, 0.2) is 109 Å². The van der Waals surface area contributed by atoms with Crippen molar-refractivity contribution >= 4 is 44.4 Å². The van der Waals surface area contributed by atoms with E-state index in [2.05, 4.69) is 48.5 Å². The first-order valence-electron chi connectivity index (χ1n) is 12.0. The third kappa shape index (κ3) is 5.48. The van der Waals surface area contributed by atoms with Gasteiger partial charge in [-0.3, -0.25) is 4.79 Å². The second kappa shape index (κ2) is 11.4. The third-order valence-electron chi connectivity index (χ3n) is 6.78. The average Bonchev–Trinajstić information content (AvgIpc) is 2.90. The number of hydrogen-bond acceptors (Lipinski definition) is 2. The second-order valence-corrected chi connectivity index (χ2v) is 8.93. The van der Waals surface area contributed by atoms with Gasteiger partial charge in [-0.2, -0.15) is 0 Å². The Bertz CT molecular complexity index is 1430.